The van der Waals surface area contributed by atoms with Crippen LogP contribution in [0.15, 0.2) is 67.0 Å². The lowest BCUT2D eigenvalue weighted by molar-refractivity contribution is 0.0950. The molecule has 0 aliphatic carbocycles. The fourth-order valence-corrected chi connectivity index (χ4v) is 2.58. The van der Waals surface area contributed by atoms with E-state index in [1.165, 1.54) is 5.56 Å². The van der Waals surface area contributed by atoms with Gasteiger partial charge in [0.05, 0.1) is 24.6 Å². The summed E-state index contributed by atoms with van der Waals surface area (Å²) < 4.78 is 5.15. The van der Waals surface area contributed by atoms with E-state index in [2.05, 4.69) is 21.7 Å². The van der Waals surface area contributed by atoms with Crippen molar-refractivity contribution in [2.45, 2.75) is 13.5 Å². The molecule has 1 heterocycles. The molecular formula is C21H21N3O2. The number of rotatable bonds is 6. The smallest absolute Gasteiger partial charge is 0.253 e. The van der Waals surface area contributed by atoms with Crippen LogP contribution in [0.2, 0.25) is 0 Å². The number of nitrogens with one attached hydrogen (secondary N) is 2. The van der Waals surface area contributed by atoms with E-state index < -0.39 is 0 Å². The van der Waals surface area contributed by atoms with Gasteiger partial charge in [-0.05, 0) is 42.8 Å². The molecule has 0 bridgehead atoms. The quantitative estimate of drug-likeness (QED) is 0.705. The van der Waals surface area contributed by atoms with Crippen molar-refractivity contribution in [1.29, 1.82) is 0 Å². The second kappa shape index (κ2) is 8.16. The lowest BCUT2D eigenvalue weighted by Crippen LogP contribution is -2.23. The molecule has 26 heavy (non-hydrogen) atoms. The number of amides is 1. The number of aryl methyl sites for hydroxylation is 1. The van der Waals surface area contributed by atoms with Gasteiger partial charge in [0.25, 0.3) is 5.91 Å². The molecule has 0 spiro atoms. The van der Waals surface area contributed by atoms with Gasteiger partial charge in [-0.15, -0.1) is 0 Å². The molecule has 1 aromatic heterocycles. The minimum absolute atomic E-state index is 0.155. The second-order valence-corrected chi connectivity index (χ2v) is 5.99. The Labute approximate surface area is 153 Å². The highest BCUT2D eigenvalue weighted by atomic mass is 16.5. The third kappa shape index (κ3) is 4.60. The third-order valence-corrected chi connectivity index (χ3v) is 3.91. The largest absolute Gasteiger partial charge is 0.497 e. The fraction of sp³-hybridized carbons (Fsp3) is 0.143. The molecule has 2 N–H and O–H groups in total. The minimum Gasteiger partial charge on any atom is -0.497 e. The Morgan fingerprint density at radius 1 is 1.04 bits per heavy atom. The van der Waals surface area contributed by atoms with Crippen molar-refractivity contribution < 1.29 is 9.53 Å². The van der Waals surface area contributed by atoms with Gasteiger partial charge in [-0.1, -0.05) is 29.8 Å². The predicted molar refractivity (Wildman–Crippen MR) is 103 cm³/mol. The van der Waals surface area contributed by atoms with Gasteiger partial charge in [0, 0.05) is 18.4 Å². The first kappa shape index (κ1) is 17.5. The first-order valence-electron chi connectivity index (χ1n) is 8.34. The molecular weight excluding hydrogens is 326 g/mol. The van der Waals surface area contributed by atoms with Crippen molar-refractivity contribution in [3.63, 3.8) is 0 Å². The average molecular weight is 347 g/mol. The van der Waals surface area contributed by atoms with E-state index in [1.807, 2.05) is 49.4 Å². The van der Waals surface area contributed by atoms with Crippen molar-refractivity contribution in [3.8, 4) is 5.75 Å². The number of benzene rings is 2. The van der Waals surface area contributed by atoms with Gasteiger partial charge in [-0.2, -0.15) is 0 Å². The summed E-state index contributed by atoms with van der Waals surface area (Å²) in [7, 11) is 1.63. The Kier molecular flexibility index (Phi) is 5.49. The number of hydrogen-bond donors (Lipinski definition) is 2. The maximum atomic E-state index is 12.4. The number of pyridine rings is 1. The van der Waals surface area contributed by atoms with Crippen LogP contribution in [-0.4, -0.2) is 18.0 Å². The van der Waals surface area contributed by atoms with E-state index in [1.54, 1.807) is 25.6 Å². The number of ether oxygens (including phenoxy) is 1. The Hall–Kier alpha value is -3.34. The van der Waals surface area contributed by atoms with Crippen LogP contribution in [0, 0.1) is 6.92 Å². The van der Waals surface area contributed by atoms with Crippen LogP contribution >= 0.6 is 0 Å². The van der Waals surface area contributed by atoms with Gasteiger partial charge >= 0.3 is 0 Å². The SMILES string of the molecule is COc1ccc(Nc2cncc(C(=O)NCc3cccc(C)c3)c2)cc1. The number of aromatic nitrogens is 1. The lowest BCUT2D eigenvalue weighted by atomic mass is 10.1. The molecule has 0 aliphatic heterocycles. The summed E-state index contributed by atoms with van der Waals surface area (Å²) >= 11 is 0. The predicted octanol–water partition coefficient (Wildman–Crippen LogP) is 4.07. The van der Waals surface area contributed by atoms with E-state index in [0.29, 0.717) is 12.1 Å². The fourth-order valence-electron chi connectivity index (χ4n) is 2.58. The van der Waals surface area contributed by atoms with Crippen LogP contribution in [0.5, 0.6) is 5.75 Å². The summed E-state index contributed by atoms with van der Waals surface area (Å²) in [5, 5.41) is 6.16. The molecule has 3 aromatic rings. The molecule has 0 fully saturated rings. The maximum Gasteiger partial charge on any atom is 0.253 e. The zero-order chi connectivity index (χ0) is 18.4. The van der Waals surface area contributed by atoms with Gasteiger partial charge in [-0.3, -0.25) is 9.78 Å². The van der Waals surface area contributed by atoms with Crippen molar-refractivity contribution in [2.75, 3.05) is 12.4 Å². The number of hydrogen-bond acceptors (Lipinski definition) is 4. The monoisotopic (exact) mass is 347 g/mol. The van der Waals surface area contributed by atoms with Crippen LogP contribution in [0.3, 0.4) is 0 Å². The van der Waals surface area contributed by atoms with Gasteiger partial charge in [-0.25, -0.2) is 0 Å². The van der Waals surface area contributed by atoms with E-state index in [-0.39, 0.29) is 5.91 Å². The Balaban J connectivity index is 1.64. The standard InChI is InChI=1S/C21H21N3O2/c1-15-4-3-5-16(10-15)12-23-21(25)17-11-19(14-22-13-17)24-18-6-8-20(26-2)9-7-18/h3-11,13-14,24H,12H2,1-2H3,(H,23,25). The maximum absolute atomic E-state index is 12.4. The Morgan fingerprint density at radius 3 is 2.58 bits per heavy atom. The molecule has 132 valence electrons. The molecule has 5 heteroatoms. The number of anilines is 2. The van der Waals surface area contributed by atoms with E-state index >= 15 is 0 Å². The summed E-state index contributed by atoms with van der Waals surface area (Å²) in [6.45, 7) is 2.51. The number of nitrogens with zero attached hydrogens (tertiary/aromatic N) is 1. The van der Waals surface area contributed by atoms with Crippen molar-refractivity contribution in [3.05, 3.63) is 83.7 Å². The first-order chi connectivity index (χ1) is 12.6. The highest BCUT2D eigenvalue weighted by Gasteiger charge is 2.07. The third-order valence-electron chi connectivity index (χ3n) is 3.91. The molecule has 2 aromatic carbocycles. The highest BCUT2D eigenvalue weighted by molar-refractivity contribution is 5.94. The van der Waals surface area contributed by atoms with Gasteiger partial charge < -0.3 is 15.4 Å². The van der Waals surface area contributed by atoms with Crippen molar-refractivity contribution in [2.24, 2.45) is 0 Å². The number of carbonyl (C=O) groups excluding carboxylic acids is 1. The van der Waals surface area contributed by atoms with Crippen molar-refractivity contribution >= 4 is 17.3 Å². The zero-order valence-electron chi connectivity index (χ0n) is 14.8. The first-order valence-corrected chi connectivity index (χ1v) is 8.34. The molecule has 3 rings (SSSR count). The highest BCUT2D eigenvalue weighted by Crippen LogP contribution is 2.20. The van der Waals surface area contributed by atoms with Gasteiger partial charge in [0.15, 0.2) is 0 Å². The van der Waals surface area contributed by atoms with E-state index in [4.69, 9.17) is 4.74 Å². The molecule has 1 amide bonds. The molecule has 5 nitrogen and oxygen atoms in total. The van der Waals surface area contributed by atoms with Gasteiger partial charge in [0.2, 0.25) is 0 Å². The lowest BCUT2D eigenvalue weighted by Gasteiger charge is -2.09. The number of methoxy groups -OCH3 is 1. The average Bonchev–Trinajstić information content (AvgIpc) is 2.67. The Bertz CT molecular complexity index is 892. The van der Waals surface area contributed by atoms with Crippen molar-refractivity contribution in [1.82, 2.24) is 10.3 Å². The van der Waals surface area contributed by atoms with Crippen LogP contribution < -0.4 is 15.4 Å². The molecule has 0 saturated carbocycles. The molecule has 0 aliphatic rings. The van der Waals surface area contributed by atoms with Crippen LogP contribution in [0.4, 0.5) is 11.4 Å². The topological polar surface area (TPSA) is 63.2 Å². The normalized spacial score (nSPS) is 10.2. The summed E-state index contributed by atoms with van der Waals surface area (Å²) in [6.07, 6.45) is 3.24. The summed E-state index contributed by atoms with van der Waals surface area (Å²) in [6, 6.07) is 17.4. The summed E-state index contributed by atoms with van der Waals surface area (Å²) in [4.78, 5) is 16.6. The molecule has 0 radical (unpaired) electrons. The minimum atomic E-state index is -0.155. The number of carbonyl (C=O) groups is 1. The van der Waals surface area contributed by atoms with E-state index in [9.17, 15) is 4.79 Å². The molecule has 0 unspecified atom stereocenters. The molecule has 0 saturated heterocycles. The van der Waals surface area contributed by atoms with Crippen LogP contribution in [0.25, 0.3) is 0 Å². The van der Waals surface area contributed by atoms with E-state index in [0.717, 1.165) is 22.7 Å². The summed E-state index contributed by atoms with van der Waals surface area (Å²) in [5.41, 5.74) is 4.39. The van der Waals surface area contributed by atoms with Crippen LogP contribution in [0.1, 0.15) is 21.5 Å². The molecule has 0 atom stereocenters. The summed E-state index contributed by atoms with van der Waals surface area (Å²) in [5.74, 6) is 0.635. The van der Waals surface area contributed by atoms with Gasteiger partial charge in [0.1, 0.15) is 5.75 Å². The van der Waals surface area contributed by atoms with Crippen LogP contribution in [-0.2, 0) is 6.54 Å². The zero-order valence-corrected chi connectivity index (χ0v) is 14.8. The second-order valence-electron chi connectivity index (χ2n) is 5.99. The Morgan fingerprint density at radius 2 is 1.85 bits per heavy atom.